The van der Waals surface area contributed by atoms with Crippen LogP contribution in [-0.4, -0.2) is 9.55 Å². The van der Waals surface area contributed by atoms with Crippen molar-refractivity contribution in [3.8, 4) is 0 Å². The Kier molecular flexibility index (Phi) is 2.83. The van der Waals surface area contributed by atoms with Crippen molar-refractivity contribution in [3.63, 3.8) is 0 Å². The summed E-state index contributed by atoms with van der Waals surface area (Å²) in [6, 6.07) is 10.2. The van der Waals surface area contributed by atoms with Crippen LogP contribution in [0.3, 0.4) is 0 Å². The maximum Gasteiger partial charge on any atom is 0.125 e. The van der Waals surface area contributed by atoms with Crippen molar-refractivity contribution in [1.82, 2.24) is 9.55 Å². The first-order valence-electron chi connectivity index (χ1n) is 5.04. The van der Waals surface area contributed by atoms with Gasteiger partial charge in [0.15, 0.2) is 0 Å². The second-order valence-electron chi connectivity index (χ2n) is 3.69. The number of nitrogens with two attached hydrogens (primary N) is 1. The van der Waals surface area contributed by atoms with Gasteiger partial charge < -0.3 is 10.3 Å². The maximum absolute atomic E-state index is 6.09. The molecule has 2 aromatic rings. The Morgan fingerprint density at radius 2 is 2.07 bits per heavy atom. The minimum Gasteiger partial charge on any atom is -0.337 e. The molecule has 1 aromatic carbocycles. The number of nitrogens with zero attached hydrogens (tertiary/aromatic N) is 2. The van der Waals surface area contributed by atoms with E-state index in [1.165, 1.54) is 5.56 Å². The molecule has 0 aliphatic carbocycles. The van der Waals surface area contributed by atoms with Crippen LogP contribution >= 0.6 is 0 Å². The number of aromatic nitrogens is 2. The summed E-state index contributed by atoms with van der Waals surface area (Å²) in [6.45, 7) is 0. The van der Waals surface area contributed by atoms with Gasteiger partial charge in [-0.05, 0) is 12.0 Å². The van der Waals surface area contributed by atoms with E-state index < -0.39 is 0 Å². The highest BCUT2D eigenvalue weighted by molar-refractivity contribution is 5.17. The summed E-state index contributed by atoms with van der Waals surface area (Å²) in [7, 11) is 1.97. The highest BCUT2D eigenvalue weighted by atomic mass is 15.1. The van der Waals surface area contributed by atoms with Gasteiger partial charge in [-0.25, -0.2) is 4.98 Å². The van der Waals surface area contributed by atoms with Gasteiger partial charge in [0.05, 0.1) is 6.04 Å². The van der Waals surface area contributed by atoms with E-state index in [-0.39, 0.29) is 6.04 Å². The van der Waals surface area contributed by atoms with Crippen molar-refractivity contribution in [2.75, 3.05) is 0 Å². The van der Waals surface area contributed by atoms with Crippen LogP contribution < -0.4 is 5.73 Å². The van der Waals surface area contributed by atoms with Gasteiger partial charge in [0.25, 0.3) is 0 Å². The molecule has 0 unspecified atom stereocenters. The average molecular weight is 201 g/mol. The lowest BCUT2D eigenvalue weighted by Gasteiger charge is -2.11. The summed E-state index contributed by atoms with van der Waals surface area (Å²) >= 11 is 0. The van der Waals surface area contributed by atoms with Gasteiger partial charge >= 0.3 is 0 Å². The van der Waals surface area contributed by atoms with Gasteiger partial charge in [0, 0.05) is 19.4 Å². The van der Waals surface area contributed by atoms with Gasteiger partial charge in [-0.1, -0.05) is 30.3 Å². The normalized spacial score (nSPS) is 12.7. The predicted octanol–water partition coefficient (Wildman–Crippen LogP) is 1.66. The molecule has 0 saturated carbocycles. The molecule has 0 amide bonds. The van der Waals surface area contributed by atoms with E-state index in [1.54, 1.807) is 6.20 Å². The lowest BCUT2D eigenvalue weighted by Crippen LogP contribution is -2.17. The molecule has 2 N–H and O–H groups in total. The van der Waals surface area contributed by atoms with Crippen molar-refractivity contribution in [1.29, 1.82) is 0 Å². The third-order valence-electron chi connectivity index (χ3n) is 2.49. The Hall–Kier alpha value is -1.61. The fraction of sp³-hybridized carbons (Fsp3) is 0.250. The van der Waals surface area contributed by atoms with Gasteiger partial charge in [-0.2, -0.15) is 0 Å². The molecule has 0 aliphatic rings. The third kappa shape index (κ3) is 2.25. The molecule has 2 rings (SSSR count). The van der Waals surface area contributed by atoms with E-state index in [0.717, 1.165) is 12.2 Å². The van der Waals surface area contributed by atoms with E-state index in [2.05, 4.69) is 17.1 Å². The fourth-order valence-electron chi connectivity index (χ4n) is 1.69. The van der Waals surface area contributed by atoms with Gasteiger partial charge in [-0.3, -0.25) is 0 Å². The van der Waals surface area contributed by atoms with Crippen LogP contribution in [0, 0.1) is 0 Å². The van der Waals surface area contributed by atoms with Crippen molar-refractivity contribution in [2.45, 2.75) is 12.5 Å². The summed E-state index contributed by atoms with van der Waals surface area (Å²) in [4.78, 5) is 4.25. The van der Waals surface area contributed by atoms with Crippen LogP contribution in [-0.2, 0) is 13.5 Å². The van der Waals surface area contributed by atoms with Crippen molar-refractivity contribution >= 4 is 0 Å². The highest BCUT2D eigenvalue weighted by Crippen LogP contribution is 2.13. The Morgan fingerprint density at radius 1 is 1.33 bits per heavy atom. The fourth-order valence-corrected chi connectivity index (χ4v) is 1.69. The van der Waals surface area contributed by atoms with E-state index in [1.807, 2.05) is 36.0 Å². The Balaban J connectivity index is 2.11. The summed E-state index contributed by atoms with van der Waals surface area (Å²) in [6.07, 6.45) is 4.52. The second-order valence-corrected chi connectivity index (χ2v) is 3.69. The lowest BCUT2D eigenvalue weighted by atomic mass is 10.1. The monoisotopic (exact) mass is 201 g/mol. The first-order chi connectivity index (χ1) is 7.27. The minimum atomic E-state index is -0.0348. The van der Waals surface area contributed by atoms with Gasteiger partial charge in [0.1, 0.15) is 5.82 Å². The molecule has 0 saturated heterocycles. The number of benzene rings is 1. The quantitative estimate of drug-likeness (QED) is 0.820. The molecular formula is C12H15N3. The number of imidazole rings is 1. The van der Waals surface area contributed by atoms with E-state index in [4.69, 9.17) is 5.73 Å². The molecule has 0 fully saturated rings. The molecule has 1 aromatic heterocycles. The van der Waals surface area contributed by atoms with Gasteiger partial charge in [-0.15, -0.1) is 0 Å². The summed E-state index contributed by atoms with van der Waals surface area (Å²) in [5.41, 5.74) is 7.33. The first kappa shape index (κ1) is 9.93. The van der Waals surface area contributed by atoms with Crippen LogP contribution in [0.25, 0.3) is 0 Å². The van der Waals surface area contributed by atoms with Crippen LogP contribution in [0.2, 0.25) is 0 Å². The van der Waals surface area contributed by atoms with Crippen LogP contribution in [0.15, 0.2) is 42.7 Å². The number of hydrogen-bond acceptors (Lipinski definition) is 2. The van der Waals surface area contributed by atoms with Crippen LogP contribution in [0.1, 0.15) is 17.4 Å². The zero-order valence-corrected chi connectivity index (χ0v) is 8.80. The summed E-state index contributed by atoms with van der Waals surface area (Å²) < 4.78 is 1.97. The molecule has 1 heterocycles. The lowest BCUT2D eigenvalue weighted by molar-refractivity contribution is 0.632. The standard InChI is InChI=1S/C12H15N3/c1-15-8-7-14-12(15)11(13)9-10-5-3-2-4-6-10/h2-8,11H,9,13H2,1H3/t11-/m0/s1. The largest absolute Gasteiger partial charge is 0.337 e. The van der Waals surface area contributed by atoms with Crippen molar-refractivity contribution < 1.29 is 0 Å². The third-order valence-corrected chi connectivity index (χ3v) is 2.49. The molecule has 0 bridgehead atoms. The van der Waals surface area contributed by atoms with E-state index in [0.29, 0.717) is 0 Å². The summed E-state index contributed by atoms with van der Waals surface area (Å²) in [5.74, 6) is 0.929. The predicted molar refractivity (Wildman–Crippen MR) is 60.3 cm³/mol. The zero-order chi connectivity index (χ0) is 10.7. The molecule has 0 aliphatic heterocycles. The molecular weight excluding hydrogens is 186 g/mol. The van der Waals surface area contributed by atoms with Crippen molar-refractivity contribution in [2.24, 2.45) is 12.8 Å². The Labute approximate surface area is 89.6 Å². The highest BCUT2D eigenvalue weighted by Gasteiger charge is 2.10. The number of rotatable bonds is 3. The summed E-state index contributed by atoms with van der Waals surface area (Å²) in [5, 5.41) is 0. The van der Waals surface area contributed by atoms with Crippen LogP contribution in [0.5, 0.6) is 0 Å². The molecule has 3 heteroatoms. The molecule has 3 nitrogen and oxygen atoms in total. The zero-order valence-electron chi connectivity index (χ0n) is 8.80. The second kappa shape index (κ2) is 4.28. The molecule has 1 atom stereocenters. The number of aryl methyl sites for hydroxylation is 1. The Morgan fingerprint density at radius 3 is 2.67 bits per heavy atom. The smallest absolute Gasteiger partial charge is 0.125 e. The van der Waals surface area contributed by atoms with Gasteiger partial charge in [0.2, 0.25) is 0 Å². The van der Waals surface area contributed by atoms with E-state index >= 15 is 0 Å². The number of hydrogen-bond donors (Lipinski definition) is 1. The molecule has 0 radical (unpaired) electrons. The first-order valence-corrected chi connectivity index (χ1v) is 5.04. The maximum atomic E-state index is 6.09. The topological polar surface area (TPSA) is 43.8 Å². The van der Waals surface area contributed by atoms with Crippen LogP contribution in [0.4, 0.5) is 0 Å². The average Bonchev–Trinajstić information content (AvgIpc) is 2.66. The molecule has 78 valence electrons. The Bertz CT molecular complexity index is 419. The minimum absolute atomic E-state index is 0.0348. The van der Waals surface area contributed by atoms with E-state index in [9.17, 15) is 0 Å². The molecule has 15 heavy (non-hydrogen) atoms. The SMILES string of the molecule is Cn1ccnc1[C@@H](N)Cc1ccccc1. The van der Waals surface area contributed by atoms with Crippen molar-refractivity contribution in [3.05, 3.63) is 54.1 Å². The molecule has 0 spiro atoms.